The summed E-state index contributed by atoms with van der Waals surface area (Å²) >= 11 is 0. The molecule has 2 amide bonds. The molecule has 1 aromatic rings. The molecule has 2 rings (SSSR count). The Morgan fingerprint density at radius 1 is 1.29 bits per heavy atom. The highest BCUT2D eigenvalue weighted by Gasteiger charge is 2.31. The van der Waals surface area contributed by atoms with Gasteiger partial charge in [-0.3, -0.25) is 9.59 Å². The molecule has 0 saturated carbocycles. The molecule has 0 fully saturated rings. The average Bonchev–Trinajstić information content (AvgIpc) is 2.57. The smallest absolute Gasteiger partial charge is 0.267 e. The molecule has 0 saturated heterocycles. The van der Waals surface area contributed by atoms with Crippen molar-refractivity contribution in [2.24, 2.45) is 5.92 Å². The standard InChI is InChI=1S/C19H28N2O3/c1-5-8-11-21-16-12-15(20-18(22)14(6-2)7-3)9-10-17(16)24-13(4)19(21)23/h9-10,12-14H,5-8,11H2,1-4H3,(H,20,22). The van der Waals surface area contributed by atoms with E-state index in [1.165, 1.54) is 0 Å². The maximum Gasteiger partial charge on any atom is 0.267 e. The third kappa shape index (κ3) is 3.89. The Bertz CT molecular complexity index is 596. The minimum absolute atomic E-state index is 0.00938. The van der Waals surface area contributed by atoms with E-state index in [1.54, 1.807) is 11.8 Å². The molecule has 132 valence electrons. The fourth-order valence-corrected chi connectivity index (χ4v) is 2.94. The van der Waals surface area contributed by atoms with Crippen LogP contribution in [0.2, 0.25) is 0 Å². The Kier molecular flexibility index (Phi) is 6.23. The van der Waals surface area contributed by atoms with Gasteiger partial charge in [0.25, 0.3) is 5.91 Å². The SMILES string of the molecule is CCCCN1C(=O)C(C)Oc2ccc(NC(=O)C(CC)CC)cc21. The summed E-state index contributed by atoms with van der Waals surface area (Å²) in [6.45, 7) is 8.57. The van der Waals surface area contributed by atoms with Gasteiger partial charge in [0.1, 0.15) is 5.75 Å². The number of ether oxygens (including phenoxy) is 1. The van der Waals surface area contributed by atoms with E-state index in [0.717, 1.165) is 31.4 Å². The maximum atomic E-state index is 12.4. The number of carbonyl (C=O) groups excluding carboxylic acids is 2. The molecular weight excluding hydrogens is 304 g/mol. The summed E-state index contributed by atoms with van der Waals surface area (Å²) in [5.74, 6) is 0.699. The fraction of sp³-hybridized carbons (Fsp3) is 0.579. The van der Waals surface area contributed by atoms with Crippen LogP contribution in [0, 0.1) is 5.92 Å². The van der Waals surface area contributed by atoms with Crippen LogP contribution >= 0.6 is 0 Å². The molecule has 0 aliphatic carbocycles. The predicted molar refractivity (Wildman–Crippen MR) is 96.5 cm³/mol. The Morgan fingerprint density at radius 3 is 2.62 bits per heavy atom. The van der Waals surface area contributed by atoms with Crippen molar-refractivity contribution >= 4 is 23.2 Å². The second-order valence-corrected chi connectivity index (χ2v) is 6.29. The van der Waals surface area contributed by atoms with Gasteiger partial charge in [-0.1, -0.05) is 27.2 Å². The summed E-state index contributed by atoms with van der Waals surface area (Å²) in [6, 6.07) is 5.51. The first-order chi connectivity index (χ1) is 11.5. The minimum Gasteiger partial charge on any atom is -0.479 e. The van der Waals surface area contributed by atoms with Crippen molar-refractivity contribution in [1.82, 2.24) is 0 Å². The van der Waals surface area contributed by atoms with Gasteiger partial charge in [-0.25, -0.2) is 0 Å². The van der Waals surface area contributed by atoms with Gasteiger partial charge in [0.2, 0.25) is 5.91 Å². The maximum absolute atomic E-state index is 12.4. The van der Waals surface area contributed by atoms with Crippen molar-refractivity contribution in [3.8, 4) is 5.75 Å². The first-order valence-electron chi connectivity index (χ1n) is 8.94. The second-order valence-electron chi connectivity index (χ2n) is 6.29. The van der Waals surface area contributed by atoms with Crippen molar-refractivity contribution in [2.45, 2.75) is 59.5 Å². The molecule has 1 N–H and O–H groups in total. The predicted octanol–water partition coefficient (Wildman–Crippen LogP) is 3.98. The molecule has 5 heteroatoms. The number of unbranched alkanes of at least 4 members (excludes halogenated alkanes) is 1. The van der Waals surface area contributed by atoms with E-state index in [0.29, 0.717) is 18.0 Å². The summed E-state index contributed by atoms with van der Waals surface area (Å²) in [5, 5.41) is 2.96. The Morgan fingerprint density at radius 2 is 2.00 bits per heavy atom. The number of fused-ring (bicyclic) bond motifs is 1. The Labute approximate surface area is 144 Å². The average molecular weight is 332 g/mol. The zero-order valence-corrected chi connectivity index (χ0v) is 15.1. The lowest BCUT2D eigenvalue weighted by Gasteiger charge is -2.33. The molecule has 0 radical (unpaired) electrons. The molecule has 5 nitrogen and oxygen atoms in total. The molecule has 1 aromatic carbocycles. The van der Waals surface area contributed by atoms with E-state index in [9.17, 15) is 9.59 Å². The van der Waals surface area contributed by atoms with Crippen LogP contribution in [0.25, 0.3) is 0 Å². The van der Waals surface area contributed by atoms with Crippen molar-refractivity contribution in [1.29, 1.82) is 0 Å². The lowest BCUT2D eigenvalue weighted by molar-refractivity contribution is -0.125. The molecular formula is C19H28N2O3. The third-order valence-electron chi connectivity index (χ3n) is 4.53. The van der Waals surface area contributed by atoms with E-state index in [4.69, 9.17) is 4.74 Å². The number of hydrogen-bond donors (Lipinski definition) is 1. The van der Waals surface area contributed by atoms with Gasteiger partial charge in [-0.15, -0.1) is 0 Å². The fourth-order valence-electron chi connectivity index (χ4n) is 2.94. The monoisotopic (exact) mass is 332 g/mol. The van der Waals surface area contributed by atoms with Crippen LogP contribution in [-0.2, 0) is 9.59 Å². The number of nitrogens with one attached hydrogen (secondary N) is 1. The van der Waals surface area contributed by atoms with Gasteiger partial charge in [0.15, 0.2) is 6.10 Å². The molecule has 1 aliphatic rings. The quantitative estimate of drug-likeness (QED) is 0.822. The van der Waals surface area contributed by atoms with Gasteiger partial charge in [0.05, 0.1) is 5.69 Å². The molecule has 0 aromatic heterocycles. The highest BCUT2D eigenvalue weighted by Crippen LogP contribution is 2.36. The molecule has 1 aliphatic heterocycles. The summed E-state index contributed by atoms with van der Waals surface area (Å²) in [5.41, 5.74) is 1.45. The first kappa shape index (κ1) is 18.3. The normalized spacial score (nSPS) is 16.8. The van der Waals surface area contributed by atoms with E-state index in [-0.39, 0.29) is 17.7 Å². The van der Waals surface area contributed by atoms with Gasteiger partial charge < -0.3 is 15.0 Å². The van der Waals surface area contributed by atoms with E-state index >= 15 is 0 Å². The Balaban J connectivity index is 2.25. The second kappa shape index (κ2) is 8.18. The van der Waals surface area contributed by atoms with Crippen LogP contribution in [0.3, 0.4) is 0 Å². The van der Waals surface area contributed by atoms with Gasteiger partial charge in [0, 0.05) is 18.2 Å². The van der Waals surface area contributed by atoms with Crippen LogP contribution in [0.15, 0.2) is 18.2 Å². The highest BCUT2D eigenvalue weighted by atomic mass is 16.5. The number of carbonyl (C=O) groups is 2. The number of amides is 2. The van der Waals surface area contributed by atoms with Crippen molar-refractivity contribution in [3.05, 3.63) is 18.2 Å². The molecule has 24 heavy (non-hydrogen) atoms. The van der Waals surface area contributed by atoms with Crippen molar-refractivity contribution < 1.29 is 14.3 Å². The molecule has 0 bridgehead atoms. The number of benzene rings is 1. The van der Waals surface area contributed by atoms with Crippen molar-refractivity contribution in [2.75, 3.05) is 16.8 Å². The molecule has 1 atom stereocenters. The summed E-state index contributed by atoms with van der Waals surface area (Å²) in [7, 11) is 0. The topological polar surface area (TPSA) is 58.6 Å². The molecule has 1 heterocycles. The van der Waals surface area contributed by atoms with Crippen LogP contribution in [-0.4, -0.2) is 24.5 Å². The van der Waals surface area contributed by atoms with Gasteiger partial charge in [-0.05, 0) is 44.4 Å². The van der Waals surface area contributed by atoms with Gasteiger partial charge in [-0.2, -0.15) is 0 Å². The number of anilines is 2. The lowest BCUT2D eigenvalue weighted by Crippen LogP contribution is -2.44. The van der Waals surface area contributed by atoms with Gasteiger partial charge >= 0.3 is 0 Å². The Hall–Kier alpha value is -2.04. The number of hydrogen-bond acceptors (Lipinski definition) is 3. The largest absolute Gasteiger partial charge is 0.479 e. The number of nitrogens with zero attached hydrogens (tertiary/aromatic N) is 1. The molecule has 0 spiro atoms. The summed E-state index contributed by atoms with van der Waals surface area (Å²) in [6.07, 6.45) is 3.10. The number of rotatable bonds is 7. The van der Waals surface area contributed by atoms with E-state index in [1.807, 2.05) is 32.0 Å². The zero-order valence-electron chi connectivity index (χ0n) is 15.1. The summed E-state index contributed by atoms with van der Waals surface area (Å²) in [4.78, 5) is 26.5. The molecule has 1 unspecified atom stereocenters. The van der Waals surface area contributed by atoms with Crippen LogP contribution < -0.4 is 15.0 Å². The first-order valence-corrected chi connectivity index (χ1v) is 8.94. The summed E-state index contributed by atoms with van der Waals surface area (Å²) < 4.78 is 5.70. The van der Waals surface area contributed by atoms with Crippen molar-refractivity contribution in [3.63, 3.8) is 0 Å². The van der Waals surface area contributed by atoms with Crippen LogP contribution in [0.1, 0.15) is 53.4 Å². The van der Waals surface area contributed by atoms with Crippen LogP contribution in [0.4, 0.5) is 11.4 Å². The zero-order chi connectivity index (χ0) is 17.7. The van der Waals surface area contributed by atoms with E-state index in [2.05, 4.69) is 12.2 Å². The third-order valence-corrected chi connectivity index (χ3v) is 4.53. The lowest BCUT2D eigenvalue weighted by atomic mass is 10.0. The highest BCUT2D eigenvalue weighted by molar-refractivity contribution is 6.01. The van der Waals surface area contributed by atoms with Crippen LogP contribution in [0.5, 0.6) is 5.75 Å². The minimum atomic E-state index is -0.473. The van der Waals surface area contributed by atoms with E-state index < -0.39 is 6.10 Å².